The van der Waals surface area contributed by atoms with Crippen molar-refractivity contribution in [3.8, 4) is 22.6 Å². The monoisotopic (exact) mass is 521 g/mol. The Bertz CT molecular complexity index is 1490. The molecule has 1 aliphatic rings. The van der Waals surface area contributed by atoms with Gasteiger partial charge in [-0.2, -0.15) is 13.2 Å². The number of hydrogen-bond donors (Lipinski definition) is 1. The van der Waals surface area contributed by atoms with Crippen molar-refractivity contribution in [1.82, 2.24) is 14.5 Å². The first-order valence-corrected chi connectivity index (χ1v) is 11.7. The third kappa shape index (κ3) is 4.70. The Balaban J connectivity index is 1.39. The summed E-state index contributed by atoms with van der Waals surface area (Å²) in [6.07, 6.45) is -1.74. The van der Waals surface area contributed by atoms with E-state index in [-0.39, 0.29) is 17.1 Å². The molecule has 38 heavy (non-hydrogen) atoms. The molecule has 2 aromatic heterocycles. The molecular weight excluding hydrogens is 499 g/mol. The Hall–Kier alpha value is -4.67. The van der Waals surface area contributed by atoms with Gasteiger partial charge in [0.15, 0.2) is 6.10 Å². The molecule has 3 heterocycles. The number of fused-ring (bicyclic) bond motifs is 1. The van der Waals surface area contributed by atoms with Gasteiger partial charge in [-0.25, -0.2) is 9.97 Å². The fourth-order valence-corrected chi connectivity index (χ4v) is 4.24. The van der Waals surface area contributed by atoms with Gasteiger partial charge in [-0.3, -0.25) is 19.1 Å². The summed E-state index contributed by atoms with van der Waals surface area (Å²) in [6, 6.07) is 16.4. The van der Waals surface area contributed by atoms with Crippen LogP contribution in [0.5, 0.6) is 5.75 Å². The summed E-state index contributed by atoms with van der Waals surface area (Å²) >= 11 is 0. The van der Waals surface area contributed by atoms with Crippen molar-refractivity contribution in [2.75, 3.05) is 10.2 Å². The predicted molar refractivity (Wildman–Crippen MR) is 134 cm³/mol. The lowest BCUT2D eigenvalue weighted by Crippen LogP contribution is -2.52. The van der Waals surface area contributed by atoms with E-state index in [1.807, 2.05) is 36.4 Å². The lowest BCUT2D eigenvalue weighted by Gasteiger charge is -2.36. The number of anilines is 2. The Morgan fingerprint density at radius 3 is 2.50 bits per heavy atom. The van der Waals surface area contributed by atoms with Crippen LogP contribution in [0.1, 0.15) is 19.7 Å². The highest BCUT2D eigenvalue weighted by Gasteiger charge is 2.39. The van der Waals surface area contributed by atoms with Crippen molar-refractivity contribution < 1.29 is 27.5 Å². The SMILES string of the molecule is CC1Oc2cc(-n3ccnc3C(F)(F)F)ccc2N(C(C)C(=O)Nc2ccc(-c3ccccc3)cn2)C1=O. The minimum atomic E-state index is -4.66. The summed E-state index contributed by atoms with van der Waals surface area (Å²) in [5.74, 6) is -1.56. The summed E-state index contributed by atoms with van der Waals surface area (Å²) in [5, 5.41) is 2.72. The number of carbonyl (C=O) groups excluding carboxylic acids is 2. The molecule has 0 bridgehead atoms. The second kappa shape index (κ2) is 9.66. The highest BCUT2D eigenvalue weighted by Crippen LogP contribution is 2.38. The molecule has 2 atom stereocenters. The van der Waals surface area contributed by atoms with Crippen molar-refractivity contribution in [3.63, 3.8) is 0 Å². The number of hydrogen-bond acceptors (Lipinski definition) is 5. The highest BCUT2D eigenvalue weighted by atomic mass is 19.4. The van der Waals surface area contributed by atoms with Gasteiger partial charge in [0.05, 0.1) is 11.4 Å². The molecule has 1 N–H and O–H groups in total. The van der Waals surface area contributed by atoms with Gasteiger partial charge >= 0.3 is 6.18 Å². The van der Waals surface area contributed by atoms with Gasteiger partial charge < -0.3 is 10.1 Å². The maximum absolute atomic E-state index is 13.3. The molecule has 1 aliphatic heterocycles. The Morgan fingerprint density at radius 2 is 1.82 bits per heavy atom. The van der Waals surface area contributed by atoms with E-state index in [2.05, 4.69) is 15.3 Å². The number of carbonyl (C=O) groups is 2. The van der Waals surface area contributed by atoms with Crippen LogP contribution in [-0.4, -0.2) is 38.5 Å². The van der Waals surface area contributed by atoms with Gasteiger partial charge in [0.1, 0.15) is 17.6 Å². The van der Waals surface area contributed by atoms with Crippen LogP contribution in [0.4, 0.5) is 24.7 Å². The minimum absolute atomic E-state index is 0.148. The average Bonchev–Trinajstić information content (AvgIpc) is 3.41. The largest absolute Gasteiger partial charge is 0.479 e. The number of alkyl halides is 3. The van der Waals surface area contributed by atoms with Crippen molar-refractivity contribution in [1.29, 1.82) is 0 Å². The maximum Gasteiger partial charge on any atom is 0.450 e. The average molecular weight is 521 g/mol. The van der Waals surface area contributed by atoms with Crippen LogP contribution in [0, 0.1) is 0 Å². The quantitative estimate of drug-likeness (QED) is 0.395. The summed E-state index contributed by atoms with van der Waals surface area (Å²) in [4.78, 5) is 35.1. The van der Waals surface area contributed by atoms with Crippen LogP contribution in [-0.2, 0) is 15.8 Å². The molecule has 2 amide bonds. The highest BCUT2D eigenvalue weighted by molar-refractivity contribution is 6.07. The number of imidazole rings is 1. The summed E-state index contributed by atoms with van der Waals surface area (Å²) < 4.78 is 46.6. The smallest absolute Gasteiger partial charge is 0.450 e. The number of aromatic nitrogens is 3. The van der Waals surface area contributed by atoms with Gasteiger partial charge in [-0.15, -0.1) is 0 Å². The third-order valence-corrected chi connectivity index (χ3v) is 6.15. The number of benzene rings is 2. The molecule has 11 heteroatoms. The van der Waals surface area contributed by atoms with E-state index in [1.165, 1.54) is 36.2 Å². The molecule has 0 saturated carbocycles. The second-order valence-corrected chi connectivity index (χ2v) is 8.70. The number of ether oxygens (including phenoxy) is 1. The number of rotatable bonds is 5. The molecule has 8 nitrogen and oxygen atoms in total. The van der Waals surface area contributed by atoms with Crippen LogP contribution in [0.2, 0.25) is 0 Å². The number of halogens is 3. The minimum Gasteiger partial charge on any atom is -0.479 e. The van der Waals surface area contributed by atoms with Crippen LogP contribution in [0.25, 0.3) is 16.8 Å². The van der Waals surface area contributed by atoms with Crippen LogP contribution in [0.3, 0.4) is 0 Å². The molecule has 0 radical (unpaired) electrons. The first kappa shape index (κ1) is 25.0. The number of amides is 2. The topological polar surface area (TPSA) is 89.3 Å². The first-order valence-electron chi connectivity index (χ1n) is 11.7. The van der Waals surface area contributed by atoms with E-state index in [0.29, 0.717) is 5.82 Å². The van der Waals surface area contributed by atoms with Gasteiger partial charge in [0, 0.05) is 30.2 Å². The van der Waals surface area contributed by atoms with Gasteiger partial charge in [0.25, 0.3) is 5.91 Å². The number of nitrogens with zero attached hydrogens (tertiary/aromatic N) is 4. The predicted octanol–water partition coefficient (Wildman–Crippen LogP) is 5.09. The lowest BCUT2D eigenvalue weighted by molar-refractivity contribution is -0.145. The van der Waals surface area contributed by atoms with Crippen molar-refractivity contribution >= 4 is 23.3 Å². The van der Waals surface area contributed by atoms with Crippen molar-refractivity contribution in [2.45, 2.75) is 32.2 Å². The molecule has 194 valence electrons. The Labute approximate surface area is 215 Å². The maximum atomic E-state index is 13.3. The third-order valence-electron chi connectivity index (χ3n) is 6.15. The fraction of sp³-hybridized carbons (Fsp3) is 0.185. The molecule has 0 fully saturated rings. The molecule has 2 aromatic carbocycles. The summed E-state index contributed by atoms with van der Waals surface area (Å²) in [7, 11) is 0. The molecule has 5 rings (SSSR count). The van der Waals surface area contributed by atoms with Gasteiger partial charge in [-0.05, 0) is 43.7 Å². The van der Waals surface area contributed by atoms with E-state index in [4.69, 9.17) is 4.74 Å². The van der Waals surface area contributed by atoms with Crippen LogP contribution in [0.15, 0.2) is 79.3 Å². The van der Waals surface area contributed by atoms with Crippen molar-refractivity contribution in [2.24, 2.45) is 0 Å². The normalized spacial score (nSPS) is 16.0. The van der Waals surface area contributed by atoms with E-state index in [9.17, 15) is 22.8 Å². The van der Waals surface area contributed by atoms with Crippen LogP contribution >= 0.6 is 0 Å². The molecule has 4 aromatic rings. The van der Waals surface area contributed by atoms with Crippen molar-refractivity contribution in [3.05, 3.63) is 85.1 Å². The zero-order chi connectivity index (χ0) is 27.0. The first-order chi connectivity index (χ1) is 18.1. The molecule has 0 spiro atoms. The van der Waals surface area contributed by atoms with E-state index >= 15 is 0 Å². The fourth-order valence-electron chi connectivity index (χ4n) is 4.24. The Kier molecular flexibility index (Phi) is 6.35. The van der Waals surface area contributed by atoms with E-state index < -0.39 is 36.0 Å². The van der Waals surface area contributed by atoms with E-state index in [0.717, 1.165) is 21.9 Å². The molecule has 0 saturated heterocycles. The standard InChI is InChI=1S/C27H22F3N5O3/c1-16(24(36)33-23-11-8-19(15-32-23)18-6-4-3-5-7-18)35-21-10-9-20(14-22(21)38-17(2)25(35)37)34-13-12-31-26(34)27(28,29)30/h3-17H,1-2H3,(H,32,33,36). The molecule has 0 aliphatic carbocycles. The summed E-state index contributed by atoms with van der Waals surface area (Å²) in [6.45, 7) is 3.07. The van der Waals surface area contributed by atoms with Gasteiger partial charge in [0.2, 0.25) is 11.7 Å². The molecular formula is C27H22F3N5O3. The summed E-state index contributed by atoms with van der Waals surface area (Å²) in [5.41, 5.74) is 2.27. The van der Waals surface area contributed by atoms with Crippen LogP contribution < -0.4 is 15.0 Å². The van der Waals surface area contributed by atoms with Gasteiger partial charge in [-0.1, -0.05) is 30.3 Å². The zero-order valence-corrected chi connectivity index (χ0v) is 20.3. The lowest BCUT2D eigenvalue weighted by atomic mass is 10.1. The second-order valence-electron chi connectivity index (χ2n) is 8.70. The number of nitrogens with one attached hydrogen (secondary N) is 1. The van der Waals surface area contributed by atoms with E-state index in [1.54, 1.807) is 19.2 Å². The zero-order valence-electron chi connectivity index (χ0n) is 20.3. The Morgan fingerprint density at radius 1 is 1.05 bits per heavy atom. The number of pyridine rings is 1. The molecule has 2 unspecified atom stereocenters.